The number of carbonyl (C=O) groups excluding carboxylic acids is 7. The lowest BCUT2D eigenvalue weighted by molar-refractivity contribution is -0.186. The standard InChI is InChI=1S/C59H66N4O13/c1-72-56(68)50(32-18-20-38-62(75-43-48-28-14-6-15-29-48)54(66)36-34-45-22-8-3-9-23-45)60-52(64)40-59(71,58(70)74-42-47-26-12-5-13-27-47)41-53(65)61-51(57(69)73-2)33-19-21-39-63(76-44-49-30-16-7-17-31-49)55(67)37-35-46-24-10-4-11-25-46/h3-17,22-31,34-37,50-51,71H,18-21,32-33,38-44H2,1-2H3,(H,60,64)(H,61,65)/b36-34+,37-35+/t50-,51-/m0/s1. The molecule has 400 valence electrons. The highest BCUT2D eigenvalue weighted by atomic mass is 16.7. The van der Waals surface area contributed by atoms with Crippen LogP contribution in [0.4, 0.5) is 0 Å². The average molecular weight is 1040 g/mol. The molecule has 2 atom stereocenters. The normalized spacial score (nSPS) is 12.0. The SMILES string of the molecule is COC(=O)[C@H](CCCCN(OCc1ccccc1)C(=O)/C=C/c1ccccc1)NC(=O)CC(O)(CC(=O)N[C@@H](CCCCN(OCc1ccccc1)C(=O)/C=C/c1ccccc1)C(=O)OC)C(=O)OCc1ccccc1. The van der Waals surface area contributed by atoms with Crippen LogP contribution in [-0.4, -0.2) is 102 Å². The lowest BCUT2D eigenvalue weighted by Crippen LogP contribution is -2.52. The number of amides is 4. The molecule has 76 heavy (non-hydrogen) atoms. The Morgan fingerprint density at radius 1 is 0.500 bits per heavy atom. The summed E-state index contributed by atoms with van der Waals surface area (Å²) in [6.07, 6.45) is 5.33. The minimum absolute atomic E-state index is 0.0205. The fourth-order valence-electron chi connectivity index (χ4n) is 7.64. The summed E-state index contributed by atoms with van der Waals surface area (Å²) < 4.78 is 15.4. The van der Waals surface area contributed by atoms with Gasteiger partial charge in [0.15, 0.2) is 5.60 Å². The highest BCUT2D eigenvalue weighted by Gasteiger charge is 2.43. The molecule has 5 aromatic rings. The molecule has 0 aliphatic heterocycles. The van der Waals surface area contributed by atoms with Gasteiger partial charge < -0.3 is 30.0 Å². The van der Waals surface area contributed by atoms with Gasteiger partial charge in [-0.1, -0.05) is 152 Å². The lowest BCUT2D eigenvalue weighted by Gasteiger charge is -2.27. The summed E-state index contributed by atoms with van der Waals surface area (Å²) in [7, 11) is 2.27. The van der Waals surface area contributed by atoms with E-state index < -0.39 is 72.1 Å². The van der Waals surface area contributed by atoms with Crippen LogP contribution in [0.25, 0.3) is 12.2 Å². The van der Waals surface area contributed by atoms with Crippen LogP contribution in [-0.2, 0) is 77.3 Å². The van der Waals surface area contributed by atoms with E-state index in [0.29, 0.717) is 18.4 Å². The summed E-state index contributed by atoms with van der Waals surface area (Å²) in [5, 5.41) is 19.4. The van der Waals surface area contributed by atoms with Crippen LogP contribution in [0.5, 0.6) is 0 Å². The van der Waals surface area contributed by atoms with Gasteiger partial charge in [0.2, 0.25) is 11.8 Å². The molecular weight excluding hydrogens is 973 g/mol. The number of rotatable bonds is 31. The summed E-state index contributed by atoms with van der Waals surface area (Å²) in [5.74, 6) is -5.76. The first kappa shape index (κ1) is 58.6. The van der Waals surface area contributed by atoms with Crippen molar-refractivity contribution in [1.82, 2.24) is 20.8 Å². The van der Waals surface area contributed by atoms with Crippen molar-refractivity contribution in [1.29, 1.82) is 0 Å². The van der Waals surface area contributed by atoms with Gasteiger partial charge in [-0.05, 0) is 78.5 Å². The third kappa shape index (κ3) is 20.9. The van der Waals surface area contributed by atoms with E-state index in [0.717, 1.165) is 36.5 Å². The van der Waals surface area contributed by atoms with Crippen LogP contribution in [0.1, 0.15) is 79.2 Å². The van der Waals surface area contributed by atoms with Crippen molar-refractivity contribution in [3.05, 3.63) is 192 Å². The summed E-state index contributed by atoms with van der Waals surface area (Å²) in [6.45, 7) is 0.165. The van der Waals surface area contributed by atoms with Crippen LogP contribution in [0.3, 0.4) is 0 Å². The predicted octanol–water partition coefficient (Wildman–Crippen LogP) is 7.24. The third-order valence-corrected chi connectivity index (χ3v) is 11.7. The topological polar surface area (TPSA) is 216 Å². The van der Waals surface area contributed by atoms with E-state index in [4.69, 9.17) is 23.9 Å². The number of hydrogen-bond donors (Lipinski definition) is 3. The van der Waals surface area contributed by atoms with Crippen molar-refractivity contribution in [3.8, 4) is 0 Å². The fourth-order valence-corrected chi connectivity index (χ4v) is 7.64. The van der Waals surface area contributed by atoms with Crippen molar-refractivity contribution in [2.45, 2.75) is 88.9 Å². The number of methoxy groups -OCH3 is 2. The largest absolute Gasteiger partial charge is 0.467 e. The monoisotopic (exact) mass is 1040 g/mol. The Kier molecular flexibility index (Phi) is 24.8. The number of hydroxylamine groups is 4. The zero-order valence-corrected chi connectivity index (χ0v) is 42.8. The van der Waals surface area contributed by atoms with E-state index in [-0.39, 0.29) is 58.6 Å². The van der Waals surface area contributed by atoms with E-state index in [1.165, 1.54) is 22.3 Å². The van der Waals surface area contributed by atoms with Crippen molar-refractivity contribution in [2.75, 3.05) is 27.3 Å². The molecule has 0 saturated heterocycles. The second-order valence-electron chi connectivity index (χ2n) is 17.6. The Bertz CT molecular complexity index is 2500. The number of benzene rings is 5. The van der Waals surface area contributed by atoms with Gasteiger partial charge in [0, 0.05) is 25.2 Å². The molecule has 0 aromatic heterocycles. The molecule has 0 unspecified atom stereocenters. The Balaban J connectivity index is 1.22. The van der Waals surface area contributed by atoms with Crippen LogP contribution in [0, 0.1) is 0 Å². The van der Waals surface area contributed by atoms with Crippen molar-refractivity contribution in [2.24, 2.45) is 0 Å². The average Bonchev–Trinajstić information content (AvgIpc) is 3.44. The number of esters is 3. The Morgan fingerprint density at radius 2 is 0.842 bits per heavy atom. The molecule has 3 N–H and O–H groups in total. The zero-order valence-electron chi connectivity index (χ0n) is 42.8. The molecule has 5 rings (SSSR count). The molecule has 0 aliphatic carbocycles. The number of nitrogens with zero attached hydrogens (tertiary/aromatic N) is 2. The first-order chi connectivity index (χ1) is 36.8. The quantitative estimate of drug-likeness (QED) is 0.0131. The number of nitrogens with one attached hydrogen (secondary N) is 2. The Labute approximate surface area is 443 Å². The summed E-state index contributed by atoms with van der Waals surface area (Å²) in [5.41, 5.74) is 1.08. The van der Waals surface area contributed by atoms with E-state index >= 15 is 0 Å². The number of ether oxygens (including phenoxy) is 3. The number of hydrogen-bond acceptors (Lipinski definition) is 13. The minimum atomic E-state index is -2.79. The minimum Gasteiger partial charge on any atom is -0.467 e. The Morgan fingerprint density at radius 3 is 1.20 bits per heavy atom. The molecule has 0 radical (unpaired) electrons. The van der Waals surface area contributed by atoms with Gasteiger partial charge in [0.1, 0.15) is 31.9 Å². The molecule has 0 bridgehead atoms. The predicted molar refractivity (Wildman–Crippen MR) is 283 cm³/mol. The third-order valence-electron chi connectivity index (χ3n) is 11.7. The molecule has 0 saturated carbocycles. The molecule has 0 spiro atoms. The van der Waals surface area contributed by atoms with Gasteiger partial charge in [-0.3, -0.25) is 28.9 Å². The summed E-state index contributed by atoms with van der Waals surface area (Å²) >= 11 is 0. The van der Waals surface area contributed by atoms with Gasteiger partial charge in [-0.2, -0.15) is 0 Å². The van der Waals surface area contributed by atoms with Crippen molar-refractivity contribution in [3.63, 3.8) is 0 Å². The van der Waals surface area contributed by atoms with Gasteiger partial charge >= 0.3 is 17.9 Å². The Hall–Kier alpha value is -8.25. The maximum atomic E-state index is 13.8. The molecule has 17 heteroatoms. The van der Waals surface area contributed by atoms with E-state index in [1.54, 1.807) is 42.5 Å². The highest BCUT2D eigenvalue weighted by Crippen LogP contribution is 2.21. The molecular formula is C59H66N4O13. The fraction of sp³-hybridized carbons (Fsp3) is 0.305. The molecule has 0 heterocycles. The van der Waals surface area contributed by atoms with Gasteiger partial charge in [-0.25, -0.2) is 24.5 Å². The first-order valence-corrected chi connectivity index (χ1v) is 25.0. The second-order valence-corrected chi connectivity index (χ2v) is 17.6. The maximum absolute atomic E-state index is 13.8. The molecule has 4 amide bonds. The van der Waals surface area contributed by atoms with E-state index in [9.17, 15) is 38.7 Å². The number of unbranched alkanes of at least 4 members (excludes halogenated alkanes) is 2. The number of carbonyl (C=O) groups is 7. The van der Waals surface area contributed by atoms with Gasteiger partial charge in [0.05, 0.1) is 27.1 Å². The first-order valence-electron chi connectivity index (χ1n) is 25.0. The number of aliphatic hydroxyl groups is 1. The lowest BCUT2D eigenvalue weighted by atomic mass is 9.93. The molecule has 17 nitrogen and oxygen atoms in total. The van der Waals surface area contributed by atoms with E-state index in [2.05, 4.69) is 10.6 Å². The summed E-state index contributed by atoms with van der Waals surface area (Å²) in [4.78, 5) is 106. The van der Waals surface area contributed by atoms with Crippen molar-refractivity contribution >= 4 is 53.7 Å². The van der Waals surface area contributed by atoms with Crippen LogP contribution >= 0.6 is 0 Å². The molecule has 0 aliphatic rings. The van der Waals surface area contributed by atoms with Gasteiger partial charge in [-0.15, -0.1) is 0 Å². The van der Waals surface area contributed by atoms with Crippen LogP contribution < -0.4 is 10.6 Å². The molecule has 5 aromatic carbocycles. The molecule has 0 fully saturated rings. The zero-order chi connectivity index (χ0) is 54.4. The van der Waals surface area contributed by atoms with Crippen LogP contribution in [0.2, 0.25) is 0 Å². The van der Waals surface area contributed by atoms with Crippen molar-refractivity contribution < 1.29 is 62.6 Å². The van der Waals surface area contributed by atoms with Crippen LogP contribution in [0.15, 0.2) is 164 Å². The summed E-state index contributed by atoms with van der Waals surface area (Å²) in [6, 6.07) is 43.2. The maximum Gasteiger partial charge on any atom is 0.339 e. The van der Waals surface area contributed by atoms with Gasteiger partial charge in [0.25, 0.3) is 11.8 Å². The highest BCUT2D eigenvalue weighted by molar-refractivity contribution is 5.95. The smallest absolute Gasteiger partial charge is 0.339 e. The second kappa shape index (κ2) is 32.1. The van der Waals surface area contributed by atoms with E-state index in [1.807, 2.05) is 121 Å².